The second kappa shape index (κ2) is 6.92. The van der Waals surface area contributed by atoms with Crippen LogP contribution < -0.4 is 10.5 Å². The highest BCUT2D eigenvalue weighted by Crippen LogP contribution is 2.13. The van der Waals surface area contributed by atoms with Crippen LogP contribution in [0.4, 0.5) is 5.95 Å². The van der Waals surface area contributed by atoms with Crippen LogP contribution in [0.15, 0.2) is 35.6 Å². The van der Waals surface area contributed by atoms with Crippen molar-refractivity contribution in [3.8, 4) is 5.75 Å². The van der Waals surface area contributed by atoms with Gasteiger partial charge in [0, 0.05) is 0 Å². The summed E-state index contributed by atoms with van der Waals surface area (Å²) in [6.07, 6.45) is 4.59. The van der Waals surface area contributed by atoms with Crippen molar-refractivity contribution in [1.82, 2.24) is 9.66 Å². The third-order valence-electron chi connectivity index (χ3n) is 3.01. The number of rotatable bonds is 6. The number of nitrogen functional groups attached to an aromatic ring is 1. The molecule has 0 unspecified atom stereocenters. The van der Waals surface area contributed by atoms with Crippen LogP contribution in [0.5, 0.6) is 5.75 Å². The minimum absolute atomic E-state index is 0.386. The minimum atomic E-state index is 0.386. The molecule has 112 valence electrons. The van der Waals surface area contributed by atoms with E-state index in [9.17, 15) is 0 Å². The number of hydrogen-bond donors (Lipinski definition) is 1. The Kier molecular flexibility index (Phi) is 4.98. The highest BCUT2D eigenvalue weighted by atomic mass is 16.5. The van der Waals surface area contributed by atoms with Crippen LogP contribution in [-0.2, 0) is 0 Å². The molecule has 0 aliphatic carbocycles. The van der Waals surface area contributed by atoms with E-state index in [0.717, 1.165) is 30.0 Å². The molecule has 0 aliphatic rings. The predicted octanol–water partition coefficient (Wildman–Crippen LogP) is 3.08. The average molecular weight is 286 g/mol. The molecule has 0 aliphatic heterocycles. The van der Waals surface area contributed by atoms with Crippen LogP contribution in [0, 0.1) is 12.8 Å². The second-order valence-corrected chi connectivity index (χ2v) is 5.43. The molecule has 0 saturated heterocycles. The van der Waals surface area contributed by atoms with Gasteiger partial charge in [0.25, 0.3) is 0 Å². The van der Waals surface area contributed by atoms with Crippen molar-refractivity contribution in [2.24, 2.45) is 11.0 Å². The highest BCUT2D eigenvalue weighted by molar-refractivity contribution is 5.79. The molecule has 1 heterocycles. The first-order chi connectivity index (χ1) is 10.0. The number of benzene rings is 1. The molecule has 5 heteroatoms. The van der Waals surface area contributed by atoms with E-state index in [1.54, 1.807) is 17.1 Å². The van der Waals surface area contributed by atoms with E-state index in [1.165, 1.54) is 0 Å². The van der Waals surface area contributed by atoms with Crippen LogP contribution >= 0.6 is 0 Å². The second-order valence-electron chi connectivity index (χ2n) is 5.43. The zero-order valence-electron chi connectivity index (χ0n) is 12.8. The minimum Gasteiger partial charge on any atom is -0.494 e. The van der Waals surface area contributed by atoms with Crippen LogP contribution in [0.2, 0.25) is 0 Å². The maximum atomic E-state index is 5.73. The maximum absolute atomic E-state index is 5.73. The molecule has 1 aromatic carbocycles. The predicted molar refractivity (Wildman–Crippen MR) is 85.8 cm³/mol. The summed E-state index contributed by atoms with van der Waals surface area (Å²) in [5.74, 6) is 1.92. The molecular weight excluding hydrogens is 264 g/mol. The van der Waals surface area contributed by atoms with Crippen LogP contribution in [0.25, 0.3) is 0 Å². The van der Waals surface area contributed by atoms with Gasteiger partial charge in [-0.2, -0.15) is 5.10 Å². The van der Waals surface area contributed by atoms with E-state index in [1.807, 2.05) is 31.2 Å². The van der Waals surface area contributed by atoms with E-state index < -0.39 is 0 Å². The van der Waals surface area contributed by atoms with Gasteiger partial charge in [0.2, 0.25) is 5.95 Å². The Morgan fingerprint density at radius 3 is 2.62 bits per heavy atom. The maximum Gasteiger partial charge on any atom is 0.221 e. The molecule has 0 saturated carbocycles. The van der Waals surface area contributed by atoms with Crippen molar-refractivity contribution in [3.63, 3.8) is 0 Å². The number of ether oxygens (including phenoxy) is 1. The number of aromatic nitrogens is 2. The fraction of sp³-hybridized carbons (Fsp3) is 0.375. The number of nitrogens with two attached hydrogens (primary N) is 1. The Labute approximate surface area is 125 Å². The Morgan fingerprint density at radius 1 is 1.33 bits per heavy atom. The van der Waals surface area contributed by atoms with Crippen molar-refractivity contribution in [2.45, 2.75) is 27.2 Å². The van der Waals surface area contributed by atoms with E-state index in [2.05, 4.69) is 23.9 Å². The van der Waals surface area contributed by atoms with Gasteiger partial charge in [0.05, 0.1) is 24.7 Å². The van der Waals surface area contributed by atoms with Crippen molar-refractivity contribution in [2.75, 3.05) is 12.3 Å². The first-order valence-corrected chi connectivity index (χ1v) is 7.13. The fourth-order valence-electron chi connectivity index (χ4n) is 1.79. The van der Waals surface area contributed by atoms with E-state index in [0.29, 0.717) is 11.9 Å². The topological polar surface area (TPSA) is 65.4 Å². The zero-order chi connectivity index (χ0) is 15.2. The molecule has 2 rings (SSSR count). The molecule has 1 aromatic heterocycles. The van der Waals surface area contributed by atoms with Crippen molar-refractivity contribution >= 4 is 12.2 Å². The molecule has 0 fully saturated rings. The van der Waals surface area contributed by atoms with Crippen molar-refractivity contribution in [3.05, 3.63) is 41.7 Å². The molecule has 21 heavy (non-hydrogen) atoms. The summed E-state index contributed by atoms with van der Waals surface area (Å²) in [6, 6.07) is 7.83. The quantitative estimate of drug-likeness (QED) is 0.830. The van der Waals surface area contributed by atoms with Gasteiger partial charge in [-0.05, 0) is 49.1 Å². The molecule has 0 spiro atoms. The third kappa shape index (κ3) is 4.63. The summed E-state index contributed by atoms with van der Waals surface area (Å²) in [5, 5.41) is 4.28. The van der Waals surface area contributed by atoms with Crippen molar-refractivity contribution in [1.29, 1.82) is 0 Å². The number of hydrogen-bond acceptors (Lipinski definition) is 4. The van der Waals surface area contributed by atoms with Crippen LogP contribution in [0.3, 0.4) is 0 Å². The SMILES string of the molecule is Cc1cn(N=Cc2ccc(OCCC(C)C)cc2)c(N)n1. The zero-order valence-corrected chi connectivity index (χ0v) is 12.8. The van der Waals surface area contributed by atoms with Crippen molar-refractivity contribution < 1.29 is 4.74 Å². The van der Waals surface area contributed by atoms with Gasteiger partial charge >= 0.3 is 0 Å². The lowest BCUT2D eigenvalue weighted by molar-refractivity contribution is 0.289. The summed E-state index contributed by atoms with van der Waals surface area (Å²) < 4.78 is 7.24. The fourth-order valence-corrected chi connectivity index (χ4v) is 1.79. The first kappa shape index (κ1) is 15.1. The van der Waals surface area contributed by atoms with E-state index >= 15 is 0 Å². The summed E-state index contributed by atoms with van der Waals surface area (Å²) in [4.78, 5) is 4.09. The van der Waals surface area contributed by atoms with E-state index in [-0.39, 0.29) is 0 Å². The molecule has 5 nitrogen and oxygen atoms in total. The third-order valence-corrected chi connectivity index (χ3v) is 3.01. The lowest BCUT2D eigenvalue weighted by atomic mass is 10.1. The van der Waals surface area contributed by atoms with Gasteiger partial charge in [-0.3, -0.25) is 0 Å². The normalized spacial score (nSPS) is 11.4. The molecular formula is C16H22N4O. The van der Waals surface area contributed by atoms with Gasteiger partial charge in [-0.15, -0.1) is 0 Å². The highest BCUT2D eigenvalue weighted by Gasteiger charge is 1.99. The lowest BCUT2D eigenvalue weighted by Gasteiger charge is -2.07. The molecule has 0 amide bonds. The average Bonchev–Trinajstić information content (AvgIpc) is 2.76. The van der Waals surface area contributed by atoms with Gasteiger partial charge in [0.15, 0.2) is 0 Å². The summed E-state index contributed by atoms with van der Waals surface area (Å²) in [7, 11) is 0. The molecule has 0 atom stereocenters. The van der Waals surface area contributed by atoms with Gasteiger partial charge in [-0.1, -0.05) is 13.8 Å². The van der Waals surface area contributed by atoms with Crippen LogP contribution in [0.1, 0.15) is 31.5 Å². The smallest absolute Gasteiger partial charge is 0.221 e. The van der Waals surface area contributed by atoms with Gasteiger partial charge < -0.3 is 10.5 Å². The van der Waals surface area contributed by atoms with Gasteiger partial charge in [0.1, 0.15) is 5.75 Å². The van der Waals surface area contributed by atoms with E-state index in [4.69, 9.17) is 10.5 Å². The first-order valence-electron chi connectivity index (χ1n) is 7.13. The standard InChI is InChI=1S/C16H22N4O/c1-12(2)8-9-21-15-6-4-14(5-7-15)10-18-20-11-13(3)19-16(20)17/h4-7,10-12H,8-9H2,1-3H3,(H2,17,19). The molecule has 2 aromatic rings. The number of nitrogens with zero attached hydrogens (tertiary/aromatic N) is 3. The largest absolute Gasteiger partial charge is 0.494 e. The Balaban J connectivity index is 1.94. The number of anilines is 1. The Hall–Kier alpha value is -2.30. The van der Waals surface area contributed by atoms with Gasteiger partial charge in [-0.25, -0.2) is 9.66 Å². The summed E-state index contributed by atoms with van der Waals surface area (Å²) in [6.45, 7) is 7.00. The molecule has 0 radical (unpaired) electrons. The molecule has 0 bridgehead atoms. The lowest BCUT2D eigenvalue weighted by Crippen LogP contribution is -2.01. The summed E-state index contributed by atoms with van der Waals surface area (Å²) >= 11 is 0. The summed E-state index contributed by atoms with van der Waals surface area (Å²) in [5.41, 5.74) is 7.56. The Bertz CT molecular complexity index is 599. The monoisotopic (exact) mass is 286 g/mol. The number of imidazole rings is 1. The van der Waals surface area contributed by atoms with Crippen LogP contribution in [-0.4, -0.2) is 22.5 Å². The molecule has 2 N–H and O–H groups in total. The Morgan fingerprint density at radius 2 is 2.05 bits per heavy atom. The number of aryl methyl sites for hydroxylation is 1.